The molecule has 0 aromatic heterocycles. The fraction of sp³-hybridized carbons (Fsp3) is 0.556. The van der Waals surface area contributed by atoms with Crippen LogP contribution in [0.1, 0.15) is 20.3 Å². The van der Waals surface area contributed by atoms with E-state index in [0.717, 1.165) is 0 Å². The minimum atomic E-state index is -0.708. The molecule has 1 aliphatic rings. The third-order valence-corrected chi connectivity index (χ3v) is 1.69. The molecule has 0 amide bonds. The van der Waals surface area contributed by atoms with Gasteiger partial charge in [0.05, 0.1) is 0 Å². The van der Waals surface area contributed by atoms with E-state index in [2.05, 4.69) is 0 Å². The van der Waals surface area contributed by atoms with E-state index >= 15 is 0 Å². The number of ketones is 1. The molecule has 0 aromatic carbocycles. The molecule has 2 atom stereocenters. The van der Waals surface area contributed by atoms with Crippen LogP contribution in [0.3, 0.4) is 0 Å². The van der Waals surface area contributed by atoms with E-state index in [0.29, 0.717) is 6.42 Å². The van der Waals surface area contributed by atoms with Gasteiger partial charge in [-0.25, -0.2) is 0 Å². The lowest BCUT2D eigenvalue weighted by Crippen LogP contribution is -2.33. The Morgan fingerprint density at radius 1 is 1.69 bits per heavy atom. The maximum absolute atomic E-state index is 11.1. The molecule has 0 spiro atoms. The van der Waals surface area contributed by atoms with Gasteiger partial charge in [0.1, 0.15) is 6.10 Å². The standard InChI is InChI=1S/C9H12O4/c1-3-8-7(11)4-5-9(13-8)12-6(2)10/h4-5,8-9H,3H2,1-2H3. The molecule has 4 heteroatoms. The quantitative estimate of drug-likeness (QED) is 0.596. The number of esters is 1. The van der Waals surface area contributed by atoms with Crippen LogP contribution in [0.5, 0.6) is 0 Å². The Morgan fingerprint density at radius 2 is 2.38 bits per heavy atom. The summed E-state index contributed by atoms with van der Waals surface area (Å²) in [6.07, 6.45) is 2.23. The van der Waals surface area contributed by atoms with Crippen LogP contribution in [-0.4, -0.2) is 24.1 Å². The van der Waals surface area contributed by atoms with Crippen LogP contribution < -0.4 is 0 Å². The second-order valence-corrected chi connectivity index (χ2v) is 2.77. The highest BCUT2D eigenvalue weighted by Crippen LogP contribution is 2.13. The van der Waals surface area contributed by atoms with E-state index in [9.17, 15) is 9.59 Å². The fourth-order valence-corrected chi connectivity index (χ4v) is 1.08. The van der Waals surface area contributed by atoms with E-state index in [1.807, 2.05) is 6.92 Å². The maximum atomic E-state index is 11.1. The van der Waals surface area contributed by atoms with Crippen molar-refractivity contribution in [3.8, 4) is 0 Å². The third kappa shape index (κ3) is 2.66. The highest BCUT2D eigenvalue weighted by atomic mass is 16.7. The van der Waals surface area contributed by atoms with Crippen molar-refractivity contribution in [1.82, 2.24) is 0 Å². The van der Waals surface area contributed by atoms with Gasteiger partial charge in [-0.05, 0) is 18.6 Å². The summed E-state index contributed by atoms with van der Waals surface area (Å²) in [5.74, 6) is -0.496. The molecule has 13 heavy (non-hydrogen) atoms. The van der Waals surface area contributed by atoms with Crippen molar-refractivity contribution in [2.24, 2.45) is 0 Å². The molecule has 0 bridgehead atoms. The molecule has 0 saturated heterocycles. The normalized spacial score (nSPS) is 27.4. The minimum Gasteiger partial charge on any atom is -0.432 e. The molecule has 0 aromatic rings. The van der Waals surface area contributed by atoms with Gasteiger partial charge in [0.2, 0.25) is 6.29 Å². The predicted octanol–water partition coefficient (Wildman–Crippen LogP) is 0.810. The Hall–Kier alpha value is -1.16. The highest BCUT2D eigenvalue weighted by Gasteiger charge is 2.24. The van der Waals surface area contributed by atoms with Gasteiger partial charge >= 0.3 is 5.97 Å². The van der Waals surface area contributed by atoms with Crippen LogP contribution in [0.2, 0.25) is 0 Å². The Labute approximate surface area is 76.5 Å². The number of carbonyl (C=O) groups excluding carboxylic acids is 2. The summed E-state index contributed by atoms with van der Waals surface area (Å²) in [6.45, 7) is 3.14. The van der Waals surface area contributed by atoms with Crippen molar-refractivity contribution in [1.29, 1.82) is 0 Å². The predicted molar refractivity (Wildman–Crippen MR) is 44.9 cm³/mol. The highest BCUT2D eigenvalue weighted by molar-refractivity contribution is 5.94. The SMILES string of the molecule is CCC1OC(OC(C)=O)C=CC1=O. The number of rotatable bonds is 2. The van der Waals surface area contributed by atoms with Gasteiger partial charge in [0.25, 0.3) is 0 Å². The van der Waals surface area contributed by atoms with Crippen LogP contribution in [0.15, 0.2) is 12.2 Å². The van der Waals surface area contributed by atoms with E-state index in [1.165, 1.54) is 19.1 Å². The summed E-state index contributed by atoms with van der Waals surface area (Å²) in [4.78, 5) is 21.7. The smallest absolute Gasteiger partial charge is 0.305 e. The monoisotopic (exact) mass is 184 g/mol. The summed E-state index contributed by atoms with van der Waals surface area (Å²) in [7, 11) is 0. The van der Waals surface area contributed by atoms with Crippen LogP contribution in [0, 0.1) is 0 Å². The molecule has 0 saturated carbocycles. The van der Waals surface area contributed by atoms with Crippen LogP contribution >= 0.6 is 0 Å². The van der Waals surface area contributed by atoms with Crippen molar-refractivity contribution >= 4 is 11.8 Å². The zero-order chi connectivity index (χ0) is 9.84. The van der Waals surface area contributed by atoms with Gasteiger partial charge < -0.3 is 9.47 Å². The van der Waals surface area contributed by atoms with Crippen LogP contribution in [0.4, 0.5) is 0 Å². The largest absolute Gasteiger partial charge is 0.432 e. The lowest BCUT2D eigenvalue weighted by Gasteiger charge is -2.23. The molecule has 0 N–H and O–H groups in total. The second kappa shape index (κ2) is 4.18. The lowest BCUT2D eigenvalue weighted by atomic mass is 10.1. The van der Waals surface area contributed by atoms with Crippen molar-refractivity contribution in [3.63, 3.8) is 0 Å². The van der Waals surface area contributed by atoms with Crippen molar-refractivity contribution in [2.45, 2.75) is 32.7 Å². The topological polar surface area (TPSA) is 52.6 Å². The summed E-state index contributed by atoms with van der Waals surface area (Å²) >= 11 is 0. The first-order valence-corrected chi connectivity index (χ1v) is 4.18. The van der Waals surface area contributed by atoms with E-state index in [1.54, 1.807) is 0 Å². The average Bonchev–Trinajstić information content (AvgIpc) is 2.07. The first-order chi connectivity index (χ1) is 6.13. The number of ether oxygens (including phenoxy) is 2. The minimum absolute atomic E-state index is 0.0779. The maximum Gasteiger partial charge on any atom is 0.305 e. The summed E-state index contributed by atoms with van der Waals surface area (Å²) in [6, 6.07) is 0. The van der Waals surface area contributed by atoms with Gasteiger partial charge in [-0.3, -0.25) is 9.59 Å². The Bertz CT molecular complexity index is 244. The molecule has 0 fully saturated rings. The van der Waals surface area contributed by atoms with E-state index < -0.39 is 18.4 Å². The van der Waals surface area contributed by atoms with Gasteiger partial charge in [-0.15, -0.1) is 0 Å². The summed E-state index contributed by atoms with van der Waals surface area (Å²) in [5, 5.41) is 0. The summed E-state index contributed by atoms with van der Waals surface area (Å²) in [5.41, 5.74) is 0. The number of carbonyl (C=O) groups is 2. The molecule has 2 unspecified atom stereocenters. The van der Waals surface area contributed by atoms with Gasteiger partial charge in [0, 0.05) is 6.92 Å². The molecule has 72 valence electrons. The van der Waals surface area contributed by atoms with Crippen molar-refractivity contribution in [2.75, 3.05) is 0 Å². The third-order valence-electron chi connectivity index (χ3n) is 1.69. The zero-order valence-electron chi connectivity index (χ0n) is 7.65. The van der Waals surface area contributed by atoms with Gasteiger partial charge in [0.15, 0.2) is 5.78 Å². The molecule has 0 aliphatic carbocycles. The number of hydrogen-bond donors (Lipinski definition) is 0. The van der Waals surface area contributed by atoms with Gasteiger partial charge in [-0.2, -0.15) is 0 Å². The first kappa shape index (κ1) is 9.92. The molecule has 1 heterocycles. The lowest BCUT2D eigenvalue weighted by molar-refractivity contribution is -0.180. The molecular formula is C9H12O4. The average molecular weight is 184 g/mol. The zero-order valence-corrected chi connectivity index (χ0v) is 7.65. The molecule has 4 nitrogen and oxygen atoms in total. The summed E-state index contributed by atoms with van der Waals surface area (Å²) < 4.78 is 9.95. The fourth-order valence-electron chi connectivity index (χ4n) is 1.08. The Kier molecular flexibility index (Phi) is 3.19. The van der Waals surface area contributed by atoms with Crippen LogP contribution in [0.25, 0.3) is 0 Å². The van der Waals surface area contributed by atoms with E-state index in [-0.39, 0.29) is 5.78 Å². The Balaban J connectivity index is 2.57. The van der Waals surface area contributed by atoms with Crippen LogP contribution in [-0.2, 0) is 19.1 Å². The Morgan fingerprint density at radius 3 is 2.92 bits per heavy atom. The molecular weight excluding hydrogens is 172 g/mol. The van der Waals surface area contributed by atoms with E-state index in [4.69, 9.17) is 9.47 Å². The van der Waals surface area contributed by atoms with Crippen molar-refractivity contribution in [3.05, 3.63) is 12.2 Å². The molecule has 1 rings (SSSR count). The van der Waals surface area contributed by atoms with Crippen molar-refractivity contribution < 1.29 is 19.1 Å². The molecule has 1 aliphatic heterocycles. The second-order valence-electron chi connectivity index (χ2n) is 2.77. The number of hydrogen-bond acceptors (Lipinski definition) is 4. The molecule has 0 radical (unpaired) electrons. The first-order valence-electron chi connectivity index (χ1n) is 4.18. The van der Waals surface area contributed by atoms with Gasteiger partial charge in [-0.1, -0.05) is 6.92 Å².